The minimum Gasteiger partial charge on any atom is -0.497 e. The van der Waals surface area contributed by atoms with Crippen LogP contribution < -0.4 is 19.1 Å². The Kier molecular flexibility index (Phi) is 6.20. The molecule has 1 N–H and O–H groups in total. The lowest BCUT2D eigenvalue weighted by Gasteiger charge is -2.38. The van der Waals surface area contributed by atoms with Crippen LogP contribution in [0.15, 0.2) is 42.5 Å². The largest absolute Gasteiger partial charge is 0.497 e. The lowest BCUT2D eigenvalue weighted by atomic mass is 9.89. The maximum Gasteiger partial charge on any atom is 0.303 e. The standard InChI is InChI=1S/C22H29N3O5S/c1-22(2)14-19(18-13-17(29-6)11-12-20(18)30-22)23-21(26)15-7-9-16(10-8-15)25(5)31(27,28)24(3)4/h7-13,19H,14H2,1-6H3,(H,23,26). The Morgan fingerprint density at radius 3 is 2.35 bits per heavy atom. The molecule has 0 fully saturated rings. The average Bonchev–Trinajstić information content (AvgIpc) is 2.72. The average molecular weight is 448 g/mol. The van der Waals surface area contributed by atoms with E-state index in [9.17, 15) is 13.2 Å². The molecule has 1 aliphatic heterocycles. The van der Waals surface area contributed by atoms with E-state index in [2.05, 4.69) is 5.32 Å². The number of benzene rings is 2. The second kappa shape index (κ2) is 8.39. The fraction of sp³-hybridized carbons (Fsp3) is 0.409. The van der Waals surface area contributed by atoms with Gasteiger partial charge in [0.2, 0.25) is 0 Å². The van der Waals surface area contributed by atoms with Crippen molar-refractivity contribution < 1.29 is 22.7 Å². The molecule has 0 radical (unpaired) electrons. The van der Waals surface area contributed by atoms with E-state index in [1.165, 1.54) is 21.1 Å². The number of carbonyl (C=O) groups excluding carboxylic acids is 1. The summed E-state index contributed by atoms with van der Waals surface area (Å²) in [5.74, 6) is 1.16. The lowest BCUT2D eigenvalue weighted by Crippen LogP contribution is -2.41. The normalized spacial score (nSPS) is 17.5. The highest BCUT2D eigenvalue weighted by molar-refractivity contribution is 7.90. The Bertz CT molecular complexity index is 1070. The molecule has 2 aromatic rings. The van der Waals surface area contributed by atoms with Gasteiger partial charge in [-0.05, 0) is 56.3 Å². The van der Waals surface area contributed by atoms with Gasteiger partial charge < -0.3 is 14.8 Å². The number of nitrogens with one attached hydrogen (secondary N) is 1. The maximum atomic E-state index is 13.0. The molecule has 1 heterocycles. The first-order valence-electron chi connectivity index (χ1n) is 9.89. The van der Waals surface area contributed by atoms with Crippen molar-refractivity contribution in [2.45, 2.75) is 31.9 Å². The van der Waals surface area contributed by atoms with E-state index in [1.54, 1.807) is 31.4 Å². The van der Waals surface area contributed by atoms with Crippen molar-refractivity contribution in [3.8, 4) is 11.5 Å². The quantitative estimate of drug-likeness (QED) is 0.736. The first kappa shape index (κ1) is 22.9. The van der Waals surface area contributed by atoms with Crippen molar-refractivity contribution in [2.75, 3.05) is 32.6 Å². The summed E-state index contributed by atoms with van der Waals surface area (Å²) in [6.45, 7) is 3.96. The first-order chi connectivity index (χ1) is 14.4. The molecule has 0 spiro atoms. The summed E-state index contributed by atoms with van der Waals surface area (Å²) in [5, 5.41) is 3.08. The molecule has 1 unspecified atom stereocenters. The van der Waals surface area contributed by atoms with Crippen LogP contribution >= 0.6 is 0 Å². The molecule has 1 amide bonds. The van der Waals surface area contributed by atoms with Crippen molar-refractivity contribution in [3.05, 3.63) is 53.6 Å². The van der Waals surface area contributed by atoms with Crippen LogP contribution in [0.3, 0.4) is 0 Å². The number of hydrogen-bond donors (Lipinski definition) is 1. The van der Waals surface area contributed by atoms with Gasteiger partial charge in [0.15, 0.2) is 0 Å². The molecule has 1 atom stereocenters. The van der Waals surface area contributed by atoms with E-state index >= 15 is 0 Å². The van der Waals surface area contributed by atoms with Crippen molar-refractivity contribution in [1.29, 1.82) is 0 Å². The maximum absolute atomic E-state index is 13.0. The summed E-state index contributed by atoms with van der Waals surface area (Å²) in [7, 11) is 2.40. The number of ether oxygens (including phenoxy) is 2. The van der Waals surface area contributed by atoms with Crippen LogP contribution in [0.4, 0.5) is 5.69 Å². The minimum atomic E-state index is -3.60. The van der Waals surface area contributed by atoms with Crippen LogP contribution in [0.25, 0.3) is 0 Å². The number of methoxy groups -OCH3 is 1. The van der Waals surface area contributed by atoms with Crippen LogP contribution in [0, 0.1) is 0 Å². The molecule has 3 rings (SSSR count). The second-order valence-corrected chi connectivity index (χ2v) is 10.5. The number of anilines is 1. The monoisotopic (exact) mass is 447 g/mol. The molecule has 0 aromatic heterocycles. The van der Waals surface area contributed by atoms with E-state index in [0.29, 0.717) is 29.2 Å². The molecule has 0 bridgehead atoms. The summed E-state index contributed by atoms with van der Waals surface area (Å²) in [5.41, 5.74) is 1.33. The predicted octanol–water partition coefficient (Wildman–Crippen LogP) is 2.97. The van der Waals surface area contributed by atoms with E-state index in [0.717, 1.165) is 14.2 Å². The highest BCUT2D eigenvalue weighted by Crippen LogP contribution is 2.41. The highest BCUT2D eigenvalue weighted by Gasteiger charge is 2.35. The number of nitrogens with zero attached hydrogens (tertiary/aromatic N) is 2. The third-order valence-corrected chi connectivity index (χ3v) is 7.11. The molecule has 1 aliphatic rings. The Morgan fingerprint density at radius 2 is 1.77 bits per heavy atom. The Balaban J connectivity index is 1.82. The van der Waals surface area contributed by atoms with Crippen LogP contribution in [0.5, 0.6) is 11.5 Å². The van der Waals surface area contributed by atoms with Crippen LogP contribution in [-0.2, 0) is 10.2 Å². The van der Waals surface area contributed by atoms with Gasteiger partial charge in [-0.25, -0.2) is 0 Å². The minimum absolute atomic E-state index is 0.249. The van der Waals surface area contributed by atoms with Crippen LogP contribution in [0.2, 0.25) is 0 Å². The predicted molar refractivity (Wildman–Crippen MR) is 120 cm³/mol. The lowest BCUT2D eigenvalue weighted by molar-refractivity contribution is 0.0618. The Hall–Kier alpha value is -2.78. The topological polar surface area (TPSA) is 88.2 Å². The first-order valence-corrected chi connectivity index (χ1v) is 11.3. The van der Waals surface area contributed by atoms with Gasteiger partial charge in [-0.1, -0.05) is 0 Å². The van der Waals surface area contributed by atoms with E-state index < -0.39 is 15.8 Å². The molecule has 0 saturated heterocycles. The fourth-order valence-corrected chi connectivity index (χ4v) is 4.41. The van der Waals surface area contributed by atoms with E-state index in [4.69, 9.17) is 9.47 Å². The van der Waals surface area contributed by atoms with Gasteiger partial charge in [-0.2, -0.15) is 12.7 Å². The number of fused-ring (bicyclic) bond motifs is 1. The number of rotatable bonds is 6. The highest BCUT2D eigenvalue weighted by atomic mass is 32.2. The van der Waals surface area contributed by atoms with E-state index in [1.807, 2.05) is 32.0 Å². The zero-order valence-corrected chi connectivity index (χ0v) is 19.5. The SMILES string of the molecule is COc1ccc2c(c1)C(NC(=O)c1ccc(N(C)S(=O)(=O)N(C)C)cc1)CC(C)(C)O2. The molecule has 0 aliphatic carbocycles. The van der Waals surface area contributed by atoms with Crippen molar-refractivity contribution >= 4 is 21.8 Å². The number of amides is 1. The molecule has 31 heavy (non-hydrogen) atoms. The number of carbonyl (C=O) groups is 1. The van der Waals surface area contributed by atoms with Crippen molar-refractivity contribution in [3.63, 3.8) is 0 Å². The smallest absolute Gasteiger partial charge is 0.303 e. The third kappa shape index (κ3) is 4.77. The summed E-state index contributed by atoms with van der Waals surface area (Å²) in [6, 6.07) is 11.8. The Morgan fingerprint density at radius 1 is 1.13 bits per heavy atom. The summed E-state index contributed by atoms with van der Waals surface area (Å²) in [4.78, 5) is 13.0. The number of hydrogen-bond acceptors (Lipinski definition) is 5. The zero-order valence-electron chi connectivity index (χ0n) is 18.7. The summed E-state index contributed by atoms with van der Waals surface area (Å²) < 4.78 is 38.3. The van der Waals surface area contributed by atoms with Crippen LogP contribution in [0.1, 0.15) is 42.2 Å². The van der Waals surface area contributed by atoms with Gasteiger partial charge in [0.25, 0.3) is 5.91 Å². The van der Waals surface area contributed by atoms with E-state index in [-0.39, 0.29) is 11.9 Å². The molecule has 0 saturated carbocycles. The molecule has 9 heteroatoms. The molecular formula is C22H29N3O5S. The second-order valence-electron chi connectivity index (χ2n) is 8.30. The molecule has 168 valence electrons. The molecule has 2 aromatic carbocycles. The van der Waals surface area contributed by atoms with Gasteiger partial charge in [0, 0.05) is 38.7 Å². The van der Waals surface area contributed by atoms with Gasteiger partial charge in [-0.3, -0.25) is 9.10 Å². The van der Waals surface area contributed by atoms with Gasteiger partial charge >= 0.3 is 10.2 Å². The van der Waals surface area contributed by atoms with Crippen LogP contribution in [-0.4, -0.2) is 52.5 Å². The van der Waals surface area contributed by atoms with Gasteiger partial charge in [0.1, 0.15) is 17.1 Å². The Labute approximate surface area is 183 Å². The third-order valence-electron chi connectivity index (χ3n) is 5.28. The van der Waals surface area contributed by atoms with Gasteiger partial charge in [0.05, 0.1) is 18.8 Å². The van der Waals surface area contributed by atoms with Crippen molar-refractivity contribution in [1.82, 2.24) is 9.62 Å². The fourth-order valence-electron chi connectivity index (χ4n) is 3.53. The molecule has 8 nitrogen and oxygen atoms in total. The molecular weight excluding hydrogens is 418 g/mol. The van der Waals surface area contributed by atoms with Gasteiger partial charge in [-0.15, -0.1) is 0 Å². The van der Waals surface area contributed by atoms with Crippen molar-refractivity contribution in [2.24, 2.45) is 0 Å². The summed E-state index contributed by atoms with van der Waals surface area (Å²) >= 11 is 0. The summed E-state index contributed by atoms with van der Waals surface area (Å²) in [6.07, 6.45) is 0.598. The zero-order chi connectivity index (χ0) is 23.0.